The molecule has 0 spiro atoms. The molecule has 1 unspecified atom stereocenters. The van der Waals surface area contributed by atoms with Gasteiger partial charge in [0.05, 0.1) is 12.1 Å². The summed E-state index contributed by atoms with van der Waals surface area (Å²) < 4.78 is 27.8. The van der Waals surface area contributed by atoms with Crippen LogP contribution in [0.4, 0.5) is 14.6 Å². The van der Waals surface area contributed by atoms with Crippen LogP contribution in [-0.2, 0) is 6.54 Å². The standard InChI is InChI=1S/C18H21F2N5O/c1-11-7-15(20)13(8-14(11)19)18(26)25-6-4-12(9-25)24(2)10-17-22-5-3-16(21)23-17/h3,5,7-8,12H,4,6,9-10H2,1-2H3,(H2,21,22,23). The van der Waals surface area contributed by atoms with E-state index in [0.29, 0.717) is 31.3 Å². The maximum Gasteiger partial charge on any atom is 0.256 e. The molecule has 138 valence electrons. The number of nitrogens with two attached hydrogens (primary N) is 1. The molecule has 0 aliphatic carbocycles. The number of amides is 1. The van der Waals surface area contributed by atoms with Crippen LogP contribution in [0.2, 0.25) is 0 Å². The minimum atomic E-state index is -0.695. The zero-order valence-corrected chi connectivity index (χ0v) is 14.7. The number of aryl methyl sites for hydroxylation is 1. The molecule has 1 aromatic carbocycles. The summed E-state index contributed by atoms with van der Waals surface area (Å²) >= 11 is 0. The Bertz CT molecular complexity index is 829. The fraction of sp³-hybridized carbons (Fsp3) is 0.389. The van der Waals surface area contributed by atoms with Gasteiger partial charge in [-0.15, -0.1) is 0 Å². The summed E-state index contributed by atoms with van der Waals surface area (Å²) in [7, 11) is 1.91. The highest BCUT2D eigenvalue weighted by Crippen LogP contribution is 2.21. The Morgan fingerprint density at radius 3 is 2.88 bits per heavy atom. The molecule has 0 bridgehead atoms. The van der Waals surface area contributed by atoms with Crippen molar-refractivity contribution in [2.75, 3.05) is 25.9 Å². The second kappa shape index (κ2) is 7.33. The van der Waals surface area contributed by atoms with Crippen molar-refractivity contribution in [3.63, 3.8) is 0 Å². The largest absolute Gasteiger partial charge is 0.384 e. The van der Waals surface area contributed by atoms with Gasteiger partial charge in [0.15, 0.2) is 0 Å². The van der Waals surface area contributed by atoms with Gasteiger partial charge in [-0.3, -0.25) is 9.69 Å². The third kappa shape index (κ3) is 3.80. The van der Waals surface area contributed by atoms with Crippen LogP contribution in [0.1, 0.15) is 28.2 Å². The van der Waals surface area contributed by atoms with E-state index < -0.39 is 17.5 Å². The Kier molecular flexibility index (Phi) is 5.13. The number of carbonyl (C=O) groups excluding carboxylic acids is 1. The SMILES string of the molecule is Cc1cc(F)c(C(=O)N2CCC(N(C)Cc3nccc(N)n3)C2)cc1F. The van der Waals surface area contributed by atoms with Crippen molar-refractivity contribution < 1.29 is 13.6 Å². The Balaban J connectivity index is 1.66. The molecule has 1 aromatic heterocycles. The number of halogens is 2. The predicted octanol–water partition coefficient (Wildman–Crippen LogP) is 1.99. The molecule has 1 atom stereocenters. The molecular weight excluding hydrogens is 340 g/mol. The molecule has 2 heterocycles. The third-order valence-corrected chi connectivity index (χ3v) is 4.67. The summed E-state index contributed by atoms with van der Waals surface area (Å²) in [4.78, 5) is 24.5. The second-order valence-corrected chi connectivity index (χ2v) is 6.59. The van der Waals surface area contributed by atoms with Crippen molar-refractivity contribution in [3.8, 4) is 0 Å². The molecule has 8 heteroatoms. The molecule has 26 heavy (non-hydrogen) atoms. The van der Waals surface area contributed by atoms with E-state index in [1.54, 1.807) is 17.2 Å². The van der Waals surface area contributed by atoms with Crippen molar-refractivity contribution in [1.29, 1.82) is 0 Å². The Labute approximate surface area is 150 Å². The first-order chi connectivity index (χ1) is 12.3. The molecule has 2 aromatic rings. The van der Waals surface area contributed by atoms with Gasteiger partial charge in [-0.1, -0.05) is 0 Å². The highest BCUT2D eigenvalue weighted by Gasteiger charge is 2.31. The Morgan fingerprint density at radius 1 is 1.38 bits per heavy atom. The van der Waals surface area contributed by atoms with E-state index in [1.165, 1.54) is 6.92 Å². The van der Waals surface area contributed by atoms with Crippen LogP contribution in [-0.4, -0.2) is 51.9 Å². The number of likely N-dealkylation sites (tertiary alicyclic amines) is 1. The van der Waals surface area contributed by atoms with Crippen LogP contribution in [0.15, 0.2) is 24.4 Å². The highest BCUT2D eigenvalue weighted by molar-refractivity contribution is 5.94. The summed E-state index contributed by atoms with van der Waals surface area (Å²) in [5.41, 5.74) is 5.62. The average Bonchev–Trinajstić information content (AvgIpc) is 3.08. The molecule has 1 aliphatic heterocycles. The topological polar surface area (TPSA) is 75.4 Å². The zero-order valence-electron chi connectivity index (χ0n) is 14.7. The Morgan fingerprint density at radius 2 is 2.15 bits per heavy atom. The minimum Gasteiger partial charge on any atom is -0.384 e. The average molecular weight is 361 g/mol. The van der Waals surface area contributed by atoms with E-state index >= 15 is 0 Å². The van der Waals surface area contributed by atoms with Crippen LogP contribution >= 0.6 is 0 Å². The van der Waals surface area contributed by atoms with Crippen LogP contribution in [0, 0.1) is 18.6 Å². The number of nitrogen functional groups attached to an aromatic ring is 1. The molecule has 1 aliphatic rings. The lowest BCUT2D eigenvalue weighted by molar-refractivity contribution is 0.0774. The van der Waals surface area contributed by atoms with E-state index in [9.17, 15) is 13.6 Å². The maximum atomic E-state index is 14.1. The van der Waals surface area contributed by atoms with E-state index in [2.05, 4.69) is 9.97 Å². The highest BCUT2D eigenvalue weighted by atomic mass is 19.1. The van der Waals surface area contributed by atoms with E-state index in [-0.39, 0.29) is 17.2 Å². The van der Waals surface area contributed by atoms with Gasteiger partial charge in [0.1, 0.15) is 23.3 Å². The van der Waals surface area contributed by atoms with Crippen LogP contribution in [0.3, 0.4) is 0 Å². The molecule has 0 saturated carbocycles. The summed E-state index contributed by atoms with van der Waals surface area (Å²) in [6.45, 7) is 2.88. The summed E-state index contributed by atoms with van der Waals surface area (Å²) in [6, 6.07) is 3.74. The van der Waals surface area contributed by atoms with Crippen molar-refractivity contribution in [3.05, 3.63) is 53.0 Å². The van der Waals surface area contributed by atoms with Gasteiger partial charge in [-0.05, 0) is 44.2 Å². The first-order valence-electron chi connectivity index (χ1n) is 8.37. The van der Waals surface area contributed by atoms with Crippen molar-refractivity contribution >= 4 is 11.7 Å². The van der Waals surface area contributed by atoms with Gasteiger partial charge in [-0.2, -0.15) is 0 Å². The van der Waals surface area contributed by atoms with Gasteiger partial charge < -0.3 is 10.6 Å². The number of anilines is 1. The van der Waals surface area contributed by atoms with E-state index in [4.69, 9.17) is 5.73 Å². The predicted molar refractivity (Wildman–Crippen MR) is 93.3 cm³/mol. The van der Waals surface area contributed by atoms with Crippen molar-refractivity contribution in [1.82, 2.24) is 19.8 Å². The Hall–Kier alpha value is -2.61. The van der Waals surface area contributed by atoms with Crippen molar-refractivity contribution in [2.45, 2.75) is 25.9 Å². The molecular formula is C18H21F2N5O. The summed E-state index contributed by atoms with van der Waals surface area (Å²) in [5.74, 6) is -0.759. The number of benzene rings is 1. The lowest BCUT2D eigenvalue weighted by Crippen LogP contribution is -2.36. The van der Waals surface area contributed by atoms with E-state index in [0.717, 1.165) is 18.6 Å². The smallest absolute Gasteiger partial charge is 0.256 e. The number of nitrogens with zero attached hydrogens (tertiary/aromatic N) is 4. The fourth-order valence-electron chi connectivity index (χ4n) is 3.11. The first kappa shape index (κ1) is 18.2. The number of hydrogen-bond donors (Lipinski definition) is 1. The molecule has 0 radical (unpaired) electrons. The molecule has 6 nitrogen and oxygen atoms in total. The number of likely N-dealkylation sites (N-methyl/N-ethyl adjacent to an activating group) is 1. The number of aromatic nitrogens is 2. The van der Waals surface area contributed by atoms with Crippen molar-refractivity contribution in [2.24, 2.45) is 0 Å². The normalized spacial score (nSPS) is 17.1. The van der Waals surface area contributed by atoms with Crippen LogP contribution in [0.5, 0.6) is 0 Å². The molecule has 3 rings (SSSR count). The summed E-state index contributed by atoms with van der Waals surface area (Å²) in [5, 5.41) is 0. The van der Waals surface area contributed by atoms with Crippen LogP contribution < -0.4 is 5.73 Å². The van der Waals surface area contributed by atoms with Gasteiger partial charge >= 0.3 is 0 Å². The lowest BCUT2D eigenvalue weighted by atomic mass is 10.1. The number of rotatable bonds is 4. The quantitative estimate of drug-likeness (QED) is 0.901. The lowest BCUT2D eigenvalue weighted by Gasteiger charge is -2.24. The van der Waals surface area contributed by atoms with E-state index in [1.807, 2.05) is 11.9 Å². The maximum absolute atomic E-state index is 14.1. The third-order valence-electron chi connectivity index (χ3n) is 4.67. The van der Waals surface area contributed by atoms with Gasteiger partial charge in [-0.25, -0.2) is 18.7 Å². The monoisotopic (exact) mass is 361 g/mol. The molecule has 2 N–H and O–H groups in total. The number of carbonyl (C=O) groups is 1. The molecule has 1 fully saturated rings. The van der Waals surface area contributed by atoms with Crippen LogP contribution in [0.25, 0.3) is 0 Å². The minimum absolute atomic E-state index is 0.0855. The fourth-order valence-corrected chi connectivity index (χ4v) is 3.11. The van der Waals surface area contributed by atoms with Gasteiger partial charge in [0.2, 0.25) is 0 Å². The van der Waals surface area contributed by atoms with Gasteiger partial charge in [0.25, 0.3) is 5.91 Å². The second-order valence-electron chi connectivity index (χ2n) is 6.59. The zero-order chi connectivity index (χ0) is 18.8. The summed E-state index contributed by atoms with van der Waals surface area (Å²) in [6.07, 6.45) is 2.34. The molecule has 1 saturated heterocycles. The first-order valence-corrected chi connectivity index (χ1v) is 8.37. The number of hydrogen-bond acceptors (Lipinski definition) is 5. The molecule has 1 amide bonds. The van der Waals surface area contributed by atoms with Gasteiger partial charge in [0, 0.05) is 25.3 Å².